The Morgan fingerprint density at radius 1 is 1.29 bits per heavy atom. The van der Waals surface area contributed by atoms with Crippen LogP contribution in [0.25, 0.3) is 10.2 Å². The van der Waals surface area contributed by atoms with Gasteiger partial charge in [0.1, 0.15) is 4.83 Å². The molecular formula is C15H12Cl2N2OS. The van der Waals surface area contributed by atoms with Crippen molar-refractivity contribution in [3.8, 4) is 0 Å². The van der Waals surface area contributed by atoms with Gasteiger partial charge in [-0.25, -0.2) is 4.98 Å². The average molecular weight is 339 g/mol. The Bertz CT molecular complexity index is 899. The molecule has 0 N–H and O–H groups in total. The van der Waals surface area contributed by atoms with E-state index in [9.17, 15) is 4.79 Å². The molecule has 0 spiro atoms. The SMILES string of the molecule is Cc1sc2ncn(Cc3ccc(Cl)cc3Cl)c(=O)c2c1C. The van der Waals surface area contributed by atoms with E-state index in [0.29, 0.717) is 22.0 Å². The minimum Gasteiger partial charge on any atom is -0.294 e. The van der Waals surface area contributed by atoms with Crippen molar-refractivity contribution in [2.24, 2.45) is 0 Å². The molecule has 0 aliphatic carbocycles. The van der Waals surface area contributed by atoms with E-state index < -0.39 is 0 Å². The van der Waals surface area contributed by atoms with Crippen molar-refractivity contribution in [3.05, 3.63) is 60.9 Å². The van der Waals surface area contributed by atoms with Gasteiger partial charge in [-0.3, -0.25) is 9.36 Å². The van der Waals surface area contributed by atoms with E-state index in [2.05, 4.69) is 4.98 Å². The molecule has 0 aliphatic heterocycles. The normalized spacial score (nSPS) is 11.2. The largest absolute Gasteiger partial charge is 0.294 e. The number of thiophene rings is 1. The highest BCUT2D eigenvalue weighted by Gasteiger charge is 2.12. The standard InChI is InChI=1S/C15H12Cl2N2OS/c1-8-9(2)21-14-13(8)15(20)19(7-18-14)6-10-3-4-11(16)5-12(10)17/h3-5,7H,6H2,1-2H3. The lowest BCUT2D eigenvalue weighted by atomic mass is 10.2. The average Bonchev–Trinajstić information content (AvgIpc) is 2.72. The van der Waals surface area contributed by atoms with Gasteiger partial charge < -0.3 is 0 Å². The summed E-state index contributed by atoms with van der Waals surface area (Å²) in [6.07, 6.45) is 1.57. The van der Waals surface area contributed by atoms with Gasteiger partial charge in [-0.1, -0.05) is 29.3 Å². The molecule has 0 aliphatic rings. The van der Waals surface area contributed by atoms with E-state index in [0.717, 1.165) is 20.8 Å². The molecule has 2 aromatic heterocycles. The molecule has 0 radical (unpaired) electrons. The lowest BCUT2D eigenvalue weighted by Gasteiger charge is -2.08. The molecule has 1 aromatic carbocycles. The maximum Gasteiger partial charge on any atom is 0.262 e. The van der Waals surface area contributed by atoms with Crippen LogP contribution in [0, 0.1) is 13.8 Å². The van der Waals surface area contributed by atoms with Gasteiger partial charge in [0.25, 0.3) is 5.56 Å². The number of aryl methyl sites for hydroxylation is 2. The van der Waals surface area contributed by atoms with Gasteiger partial charge in [0.2, 0.25) is 0 Å². The van der Waals surface area contributed by atoms with Crippen LogP contribution < -0.4 is 5.56 Å². The molecule has 0 bridgehead atoms. The molecule has 3 aromatic rings. The molecule has 0 atom stereocenters. The van der Waals surface area contributed by atoms with Gasteiger partial charge in [0, 0.05) is 14.9 Å². The van der Waals surface area contributed by atoms with Crippen molar-refractivity contribution in [1.29, 1.82) is 0 Å². The highest BCUT2D eigenvalue weighted by molar-refractivity contribution is 7.18. The maximum atomic E-state index is 12.6. The molecule has 21 heavy (non-hydrogen) atoms. The topological polar surface area (TPSA) is 34.9 Å². The Balaban J connectivity index is 2.11. The van der Waals surface area contributed by atoms with Gasteiger partial charge in [-0.05, 0) is 37.1 Å². The third kappa shape index (κ3) is 2.59. The third-order valence-corrected chi connectivity index (χ3v) is 5.21. The van der Waals surface area contributed by atoms with Crippen LogP contribution in [0.2, 0.25) is 10.0 Å². The minimum absolute atomic E-state index is 0.0344. The second-order valence-corrected chi connectivity index (χ2v) is 6.92. The van der Waals surface area contributed by atoms with E-state index in [1.807, 2.05) is 19.9 Å². The van der Waals surface area contributed by atoms with E-state index in [1.165, 1.54) is 0 Å². The first-order chi connectivity index (χ1) is 9.97. The van der Waals surface area contributed by atoms with Crippen molar-refractivity contribution in [1.82, 2.24) is 9.55 Å². The molecule has 3 nitrogen and oxygen atoms in total. The minimum atomic E-state index is -0.0344. The van der Waals surface area contributed by atoms with E-state index in [-0.39, 0.29) is 5.56 Å². The fourth-order valence-electron chi connectivity index (χ4n) is 2.22. The highest BCUT2D eigenvalue weighted by atomic mass is 35.5. The van der Waals surface area contributed by atoms with Gasteiger partial charge in [0.15, 0.2) is 0 Å². The number of hydrogen-bond donors (Lipinski definition) is 0. The number of fused-ring (bicyclic) bond motifs is 1. The van der Waals surface area contributed by atoms with Gasteiger partial charge in [-0.15, -0.1) is 11.3 Å². The van der Waals surface area contributed by atoms with Crippen LogP contribution in [0.15, 0.2) is 29.3 Å². The van der Waals surface area contributed by atoms with Crippen molar-refractivity contribution in [3.63, 3.8) is 0 Å². The van der Waals surface area contributed by atoms with Crippen LogP contribution in [-0.2, 0) is 6.54 Å². The van der Waals surface area contributed by atoms with Crippen LogP contribution in [-0.4, -0.2) is 9.55 Å². The van der Waals surface area contributed by atoms with Crippen LogP contribution in [0.3, 0.4) is 0 Å². The summed E-state index contributed by atoms with van der Waals surface area (Å²) < 4.78 is 1.58. The Labute approximate surface area is 135 Å². The Morgan fingerprint density at radius 2 is 2.05 bits per heavy atom. The maximum absolute atomic E-state index is 12.6. The molecule has 2 heterocycles. The molecule has 108 valence electrons. The predicted octanol–water partition coefficient (Wildman–Crippen LogP) is 4.43. The summed E-state index contributed by atoms with van der Waals surface area (Å²) in [5.74, 6) is 0. The van der Waals surface area contributed by atoms with Crippen molar-refractivity contribution in [2.45, 2.75) is 20.4 Å². The molecule has 0 unspecified atom stereocenters. The summed E-state index contributed by atoms with van der Waals surface area (Å²) in [5.41, 5.74) is 1.81. The van der Waals surface area contributed by atoms with E-state index >= 15 is 0 Å². The fraction of sp³-hybridized carbons (Fsp3) is 0.200. The van der Waals surface area contributed by atoms with Crippen molar-refractivity contribution >= 4 is 44.8 Å². The summed E-state index contributed by atoms with van der Waals surface area (Å²) in [6.45, 7) is 4.34. The third-order valence-electron chi connectivity index (χ3n) is 3.51. The van der Waals surface area contributed by atoms with Crippen molar-refractivity contribution in [2.75, 3.05) is 0 Å². The highest BCUT2D eigenvalue weighted by Crippen LogP contribution is 2.26. The molecule has 0 fully saturated rings. The zero-order valence-electron chi connectivity index (χ0n) is 11.5. The van der Waals surface area contributed by atoms with Crippen LogP contribution >= 0.6 is 34.5 Å². The molecule has 0 saturated heterocycles. The van der Waals surface area contributed by atoms with Crippen LogP contribution in [0.1, 0.15) is 16.0 Å². The first kappa shape index (κ1) is 14.6. The summed E-state index contributed by atoms with van der Waals surface area (Å²) in [6, 6.07) is 5.27. The lowest BCUT2D eigenvalue weighted by Crippen LogP contribution is -2.21. The number of benzene rings is 1. The van der Waals surface area contributed by atoms with Gasteiger partial charge in [-0.2, -0.15) is 0 Å². The monoisotopic (exact) mass is 338 g/mol. The summed E-state index contributed by atoms with van der Waals surface area (Å²) in [5, 5.41) is 1.83. The summed E-state index contributed by atoms with van der Waals surface area (Å²) >= 11 is 13.6. The van der Waals surface area contributed by atoms with Gasteiger partial charge >= 0.3 is 0 Å². The fourth-order valence-corrected chi connectivity index (χ4v) is 3.67. The Morgan fingerprint density at radius 3 is 2.76 bits per heavy atom. The Kier molecular flexibility index (Phi) is 3.78. The first-order valence-electron chi connectivity index (χ1n) is 6.36. The number of nitrogens with zero attached hydrogens (tertiary/aromatic N) is 2. The zero-order chi connectivity index (χ0) is 15.1. The predicted molar refractivity (Wildman–Crippen MR) is 88.9 cm³/mol. The number of aromatic nitrogens is 2. The number of rotatable bonds is 2. The van der Waals surface area contributed by atoms with Crippen molar-refractivity contribution < 1.29 is 0 Å². The summed E-state index contributed by atoms with van der Waals surface area (Å²) in [4.78, 5) is 18.9. The molecular weight excluding hydrogens is 327 g/mol. The molecule has 0 saturated carbocycles. The summed E-state index contributed by atoms with van der Waals surface area (Å²) in [7, 11) is 0. The molecule has 0 amide bonds. The number of halogens is 2. The van der Waals surface area contributed by atoms with E-state index in [1.54, 1.807) is 34.4 Å². The van der Waals surface area contributed by atoms with E-state index in [4.69, 9.17) is 23.2 Å². The second kappa shape index (κ2) is 5.44. The smallest absolute Gasteiger partial charge is 0.262 e. The number of hydrogen-bond acceptors (Lipinski definition) is 3. The Hall–Kier alpha value is -1.36. The quantitative estimate of drug-likeness (QED) is 0.692. The van der Waals surface area contributed by atoms with Gasteiger partial charge in [0.05, 0.1) is 18.3 Å². The molecule has 6 heteroatoms. The second-order valence-electron chi connectivity index (χ2n) is 4.88. The van der Waals surface area contributed by atoms with Crippen LogP contribution in [0.5, 0.6) is 0 Å². The molecule has 3 rings (SSSR count). The van der Waals surface area contributed by atoms with Crippen LogP contribution in [0.4, 0.5) is 0 Å². The lowest BCUT2D eigenvalue weighted by molar-refractivity contribution is 0.749. The zero-order valence-corrected chi connectivity index (χ0v) is 13.8. The first-order valence-corrected chi connectivity index (χ1v) is 7.93.